The Labute approximate surface area is 191 Å². The summed E-state index contributed by atoms with van der Waals surface area (Å²) in [5, 5.41) is 10.9. The van der Waals surface area contributed by atoms with Crippen LogP contribution in [0.5, 0.6) is 10.8 Å². The molecule has 0 atom stereocenters. The van der Waals surface area contributed by atoms with E-state index in [4.69, 9.17) is 21.3 Å². The first kappa shape index (κ1) is 21.4. The van der Waals surface area contributed by atoms with Gasteiger partial charge in [0.25, 0.3) is 0 Å². The molecule has 1 aromatic heterocycles. The number of nitrogens with zero attached hydrogens (tertiary/aromatic N) is 4. The van der Waals surface area contributed by atoms with Gasteiger partial charge in [-0.15, -0.1) is 0 Å². The molecule has 158 valence electrons. The fourth-order valence-electron chi connectivity index (χ4n) is 3.55. The third kappa shape index (κ3) is 4.90. The SMILES string of the molecule is Cc1cc(Oc2snc(-c3ccc(Cl)cc3)c2C#N)c(C)cc1/N=C/N1CCCCC1. The summed E-state index contributed by atoms with van der Waals surface area (Å²) >= 11 is 7.16. The zero-order chi connectivity index (χ0) is 21.8. The summed E-state index contributed by atoms with van der Waals surface area (Å²) in [7, 11) is 0. The molecular weight excluding hydrogens is 428 g/mol. The van der Waals surface area contributed by atoms with Gasteiger partial charge in [0.2, 0.25) is 5.06 Å². The lowest BCUT2D eigenvalue weighted by molar-refractivity contribution is 0.351. The predicted octanol–water partition coefficient (Wildman–Crippen LogP) is 6.89. The van der Waals surface area contributed by atoms with Crippen LogP contribution in [0.2, 0.25) is 5.02 Å². The molecule has 1 saturated heterocycles. The maximum absolute atomic E-state index is 9.73. The van der Waals surface area contributed by atoms with Crippen molar-refractivity contribution in [2.45, 2.75) is 33.1 Å². The largest absolute Gasteiger partial charge is 0.443 e. The normalized spacial score (nSPS) is 14.1. The molecular formula is C24H23ClN4OS. The van der Waals surface area contributed by atoms with Crippen molar-refractivity contribution in [3.05, 3.63) is 58.1 Å². The van der Waals surface area contributed by atoms with Crippen LogP contribution in [0, 0.1) is 25.2 Å². The molecule has 1 aliphatic rings. The van der Waals surface area contributed by atoms with E-state index in [2.05, 4.69) is 15.3 Å². The number of aryl methyl sites for hydroxylation is 2. The smallest absolute Gasteiger partial charge is 0.218 e. The average molecular weight is 451 g/mol. The molecule has 0 spiro atoms. The van der Waals surface area contributed by atoms with Gasteiger partial charge in [0, 0.05) is 35.2 Å². The number of nitriles is 1. The Kier molecular flexibility index (Phi) is 6.55. The van der Waals surface area contributed by atoms with Gasteiger partial charge in [0.15, 0.2) is 0 Å². The highest BCUT2D eigenvalue weighted by Crippen LogP contribution is 2.39. The Bertz CT molecular complexity index is 1140. The van der Waals surface area contributed by atoms with Gasteiger partial charge >= 0.3 is 0 Å². The van der Waals surface area contributed by atoms with Crippen molar-refractivity contribution in [2.75, 3.05) is 13.1 Å². The summed E-state index contributed by atoms with van der Waals surface area (Å²) in [6.45, 7) is 6.15. The van der Waals surface area contributed by atoms with E-state index in [0.717, 1.165) is 35.5 Å². The van der Waals surface area contributed by atoms with E-state index in [1.54, 1.807) is 12.1 Å². The Morgan fingerprint density at radius 3 is 2.58 bits per heavy atom. The zero-order valence-electron chi connectivity index (χ0n) is 17.6. The Balaban J connectivity index is 1.57. The molecule has 0 unspecified atom stereocenters. The molecule has 0 amide bonds. The topological polar surface area (TPSA) is 61.5 Å². The molecule has 1 aliphatic heterocycles. The summed E-state index contributed by atoms with van der Waals surface area (Å²) < 4.78 is 10.6. The summed E-state index contributed by atoms with van der Waals surface area (Å²) in [5.41, 5.74) is 4.79. The second-order valence-electron chi connectivity index (χ2n) is 7.66. The molecule has 4 rings (SSSR count). The van der Waals surface area contributed by atoms with Crippen LogP contribution in [0.25, 0.3) is 11.3 Å². The van der Waals surface area contributed by atoms with Gasteiger partial charge in [-0.05, 0) is 68.5 Å². The first-order chi connectivity index (χ1) is 15.0. The maximum atomic E-state index is 9.73. The van der Waals surface area contributed by atoms with Crippen LogP contribution < -0.4 is 4.74 Å². The molecule has 0 saturated carbocycles. The van der Waals surface area contributed by atoms with Crippen molar-refractivity contribution in [3.8, 4) is 28.1 Å². The second kappa shape index (κ2) is 9.51. The number of likely N-dealkylation sites (tertiary alicyclic amines) is 1. The van der Waals surface area contributed by atoms with E-state index in [1.807, 2.05) is 44.5 Å². The van der Waals surface area contributed by atoms with Crippen molar-refractivity contribution >= 4 is 35.2 Å². The highest BCUT2D eigenvalue weighted by atomic mass is 35.5. The van der Waals surface area contributed by atoms with Crippen molar-refractivity contribution in [1.29, 1.82) is 5.26 Å². The van der Waals surface area contributed by atoms with Gasteiger partial charge in [-0.2, -0.15) is 9.64 Å². The molecule has 0 bridgehead atoms. The van der Waals surface area contributed by atoms with Crippen LogP contribution in [0.4, 0.5) is 5.69 Å². The van der Waals surface area contributed by atoms with Crippen LogP contribution >= 0.6 is 23.1 Å². The fraction of sp³-hybridized carbons (Fsp3) is 0.292. The highest BCUT2D eigenvalue weighted by molar-refractivity contribution is 7.08. The Hall–Kier alpha value is -2.88. The van der Waals surface area contributed by atoms with E-state index in [-0.39, 0.29) is 0 Å². The van der Waals surface area contributed by atoms with Gasteiger partial charge in [0.1, 0.15) is 23.1 Å². The average Bonchev–Trinajstić information content (AvgIpc) is 3.19. The van der Waals surface area contributed by atoms with Crippen LogP contribution in [0.3, 0.4) is 0 Å². The molecule has 7 heteroatoms. The number of ether oxygens (including phenoxy) is 1. The summed E-state index contributed by atoms with van der Waals surface area (Å²) in [6, 6.07) is 13.5. The number of piperidine rings is 1. The molecule has 5 nitrogen and oxygen atoms in total. The number of benzene rings is 2. The molecule has 0 N–H and O–H groups in total. The third-order valence-corrected chi connectivity index (χ3v) is 6.32. The summed E-state index contributed by atoms with van der Waals surface area (Å²) in [6.07, 6.45) is 5.71. The number of rotatable bonds is 5. The lowest BCUT2D eigenvalue weighted by Gasteiger charge is -2.23. The van der Waals surface area contributed by atoms with Gasteiger partial charge < -0.3 is 9.64 Å². The first-order valence-electron chi connectivity index (χ1n) is 10.3. The quantitative estimate of drug-likeness (QED) is 0.313. The Morgan fingerprint density at radius 1 is 1.13 bits per heavy atom. The first-order valence-corrected chi connectivity index (χ1v) is 11.4. The van der Waals surface area contributed by atoms with Gasteiger partial charge in [-0.25, -0.2) is 4.99 Å². The third-order valence-electron chi connectivity index (χ3n) is 5.34. The van der Waals surface area contributed by atoms with Crippen molar-refractivity contribution < 1.29 is 4.74 Å². The fourth-order valence-corrected chi connectivity index (χ4v) is 4.41. The molecule has 0 radical (unpaired) electrons. The Morgan fingerprint density at radius 2 is 1.87 bits per heavy atom. The lowest BCUT2D eigenvalue weighted by Crippen LogP contribution is -2.28. The van der Waals surface area contributed by atoms with Crippen LogP contribution in [-0.4, -0.2) is 28.7 Å². The highest BCUT2D eigenvalue weighted by Gasteiger charge is 2.18. The minimum Gasteiger partial charge on any atom is -0.443 e. The van der Waals surface area contributed by atoms with Crippen molar-refractivity contribution in [1.82, 2.24) is 9.27 Å². The minimum absolute atomic E-state index is 0.427. The summed E-state index contributed by atoms with van der Waals surface area (Å²) in [4.78, 5) is 6.97. The molecule has 2 aromatic carbocycles. The van der Waals surface area contributed by atoms with Crippen LogP contribution in [0.1, 0.15) is 36.0 Å². The monoisotopic (exact) mass is 450 g/mol. The maximum Gasteiger partial charge on any atom is 0.218 e. The predicted molar refractivity (Wildman–Crippen MR) is 127 cm³/mol. The van der Waals surface area contributed by atoms with E-state index in [0.29, 0.717) is 27.1 Å². The van der Waals surface area contributed by atoms with E-state index >= 15 is 0 Å². The molecule has 2 heterocycles. The standard InChI is InChI=1S/C24H23ClN4OS/c1-16-13-22(17(2)12-21(16)27-15-29-10-4-3-5-11-29)30-24-20(14-26)23(28-31-24)18-6-8-19(25)9-7-18/h6-9,12-13,15H,3-5,10-11H2,1-2H3/b27-15+. The van der Waals surface area contributed by atoms with E-state index < -0.39 is 0 Å². The number of aromatic nitrogens is 1. The van der Waals surface area contributed by atoms with Gasteiger partial charge in [-0.1, -0.05) is 23.7 Å². The molecule has 31 heavy (non-hydrogen) atoms. The number of hydrogen-bond acceptors (Lipinski definition) is 5. The number of halogens is 1. The van der Waals surface area contributed by atoms with E-state index in [9.17, 15) is 5.26 Å². The molecule has 0 aliphatic carbocycles. The second-order valence-corrected chi connectivity index (χ2v) is 8.83. The van der Waals surface area contributed by atoms with Crippen molar-refractivity contribution in [2.24, 2.45) is 4.99 Å². The van der Waals surface area contributed by atoms with Crippen LogP contribution in [-0.2, 0) is 0 Å². The van der Waals surface area contributed by atoms with Gasteiger partial charge in [0.05, 0.1) is 12.0 Å². The van der Waals surface area contributed by atoms with Crippen molar-refractivity contribution in [3.63, 3.8) is 0 Å². The van der Waals surface area contributed by atoms with E-state index in [1.165, 1.54) is 30.8 Å². The minimum atomic E-state index is 0.427. The number of hydrogen-bond donors (Lipinski definition) is 0. The van der Waals surface area contributed by atoms with Gasteiger partial charge in [-0.3, -0.25) is 0 Å². The lowest BCUT2D eigenvalue weighted by atomic mass is 10.1. The molecule has 1 fully saturated rings. The number of aliphatic imine (C=N–C) groups is 1. The molecule has 3 aromatic rings. The summed E-state index contributed by atoms with van der Waals surface area (Å²) in [5.74, 6) is 0.706. The zero-order valence-corrected chi connectivity index (χ0v) is 19.1. The van der Waals surface area contributed by atoms with Crippen LogP contribution in [0.15, 0.2) is 41.4 Å².